The summed E-state index contributed by atoms with van der Waals surface area (Å²) >= 11 is 0. The van der Waals surface area contributed by atoms with E-state index >= 15 is 0 Å². The molecule has 0 heterocycles. The Morgan fingerprint density at radius 1 is 1.47 bits per heavy atom. The molecule has 0 saturated carbocycles. The molecule has 0 aliphatic heterocycles. The third-order valence-corrected chi connectivity index (χ3v) is 1.88. The summed E-state index contributed by atoms with van der Waals surface area (Å²) in [6, 6.07) is 4.21. The fourth-order valence-corrected chi connectivity index (χ4v) is 1.21. The Balaban J connectivity index is 3.11. The molecule has 0 aromatic heterocycles. The lowest BCUT2D eigenvalue weighted by molar-refractivity contribution is -0.131. The number of aliphatic carboxylic acids is 1. The van der Waals surface area contributed by atoms with Crippen molar-refractivity contribution in [1.82, 2.24) is 0 Å². The van der Waals surface area contributed by atoms with Crippen molar-refractivity contribution < 1.29 is 14.3 Å². The minimum Gasteiger partial charge on any atom is -0.478 e. The Labute approximate surface area is 87.4 Å². The SMILES string of the molecule is CN(C)c1cc(F)ccc1/C=C/C(=O)O. The zero-order valence-electron chi connectivity index (χ0n) is 8.57. The van der Waals surface area contributed by atoms with Gasteiger partial charge in [-0.25, -0.2) is 9.18 Å². The first kappa shape index (κ1) is 11.2. The van der Waals surface area contributed by atoms with Gasteiger partial charge in [0.15, 0.2) is 0 Å². The first-order chi connectivity index (χ1) is 7.00. The molecule has 4 heteroatoms. The lowest BCUT2D eigenvalue weighted by Crippen LogP contribution is -2.10. The maximum absolute atomic E-state index is 12.9. The molecule has 0 radical (unpaired) electrons. The molecular weight excluding hydrogens is 197 g/mol. The summed E-state index contributed by atoms with van der Waals surface area (Å²) in [5, 5.41) is 8.48. The molecule has 15 heavy (non-hydrogen) atoms. The fourth-order valence-electron chi connectivity index (χ4n) is 1.21. The van der Waals surface area contributed by atoms with E-state index in [-0.39, 0.29) is 5.82 Å². The number of anilines is 1. The summed E-state index contributed by atoms with van der Waals surface area (Å²) in [6.07, 6.45) is 2.47. The highest BCUT2D eigenvalue weighted by molar-refractivity contribution is 5.86. The molecule has 0 bridgehead atoms. The van der Waals surface area contributed by atoms with E-state index in [9.17, 15) is 9.18 Å². The average Bonchev–Trinajstić information content (AvgIpc) is 2.15. The van der Waals surface area contributed by atoms with Crippen molar-refractivity contribution in [3.05, 3.63) is 35.7 Å². The number of rotatable bonds is 3. The van der Waals surface area contributed by atoms with Crippen LogP contribution in [0.4, 0.5) is 10.1 Å². The molecule has 1 N–H and O–H groups in total. The quantitative estimate of drug-likeness (QED) is 0.774. The van der Waals surface area contributed by atoms with Crippen molar-refractivity contribution in [1.29, 1.82) is 0 Å². The minimum atomic E-state index is -1.02. The van der Waals surface area contributed by atoms with Crippen LogP contribution in [0.3, 0.4) is 0 Å². The lowest BCUT2D eigenvalue weighted by atomic mass is 10.1. The Hall–Kier alpha value is -1.84. The van der Waals surface area contributed by atoms with Crippen LogP contribution in [0.25, 0.3) is 6.08 Å². The van der Waals surface area contributed by atoms with Crippen molar-refractivity contribution in [3.8, 4) is 0 Å². The summed E-state index contributed by atoms with van der Waals surface area (Å²) in [6.45, 7) is 0. The molecule has 0 amide bonds. The van der Waals surface area contributed by atoms with Crippen molar-refractivity contribution in [2.24, 2.45) is 0 Å². The number of halogens is 1. The van der Waals surface area contributed by atoms with Gasteiger partial charge >= 0.3 is 5.97 Å². The summed E-state index contributed by atoms with van der Waals surface area (Å²) in [5.41, 5.74) is 1.32. The van der Waals surface area contributed by atoms with Crippen LogP contribution in [-0.4, -0.2) is 25.2 Å². The summed E-state index contributed by atoms with van der Waals surface area (Å²) in [4.78, 5) is 12.1. The monoisotopic (exact) mass is 209 g/mol. The predicted molar refractivity (Wildman–Crippen MR) is 57.4 cm³/mol. The largest absolute Gasteiger partial charge is 0.478 e. The van der Waals surface area contributed by atoms with E-state index in [2.05, 4.69) is 0 Å². The number of carboxylic acid groups (broad SMARTS) is 1. The van der Waals surface area contributed by atoms with Gasteiger partial charge < -0.3 is 10.0 Å². The second kappa shape index (κ2) is 4.59. The molecule has 1 rings (SSSR count). The highest BCUT2D eigenvalue weighted by atomic mass is 19.1. The van der Waals surface area contributed by atoms with Crippen LogP contribution in [0.2, 0.25) is 0 Å². The number of carbonyl (C=O) groups is 1. The molecule has 0 saturated heterocycles. The molecule has 0 fully saturated rings. The van der Waals surface area contributed by atoms with Crippen LogP contribution in [0.5, 0.6) is 0 Å². The molecule has 0 spiro atoms. The molecule has 3 nitrogen and oxygen atoms in total. The van der Waals surface area contributed by atoms with Crippen LogP contribution < -0.4 is 4.90 Å². The Morgan fingerprint density at radius 2 is 2.13 bits per heavy atom. The molecule has 80 valence electrons. The molecule has 0 atom stereocenters. The third-order valence-electron chi connectivity index (χ3n) is 1.88. The van der Waals surface area contributed by atoms with Gasteiger partial charge in [-0.15, -0.1) is 0 Å². The molecule has 1 aromatic carbocycles. The van der Waals surface area contributed by atoms with E-state index in [1.807, 2.05) is 0 Å². The highest BCUT2D eigenvalue weighted by Crippen LogP contribution is 2.21. The van der Waals surface area contributed by atoms with E-state index in [0.29, 0.717) is 11.3 Å². The minimum absolute atomic E-state index is 0.342. The van der Waals surface area contributed by atoms with Gasteiger partial charge in [0.05, 0.1) is 0 Å². The topological polar surface area (TPSA) is 40.5 Å². The molecule has 1 aromatic rings. The average molecular weight is 209 g/mol. The molecule has 0 aliphatic rings. The molecule has 0 unspecified atom stereocenters. The number of benzene rings is 1. The maximum atomic E-state index is 12.9. The van der Waals surface area contributed by atoms with Gasteiger partial charge in [-0.2, -0.15) is 0 Å². The van der Waals surface area contributed by atoms with Gasteiger partial charge in [-0.05, 0) is 29.8 Å². The van der Waals surface area contributed by atoms with E-state index in [1.165, 1.54) is 18.2 Å². The fraction of sp³-hybridized carbons (Fsp3) is 0.182. The first-order valence-corrected chi connectivity index (χ1v) is 4.38. The zero-order chi connectivity index (χ0) is 11.4. The highest BCUT2D eigenvalue weighted by Gasteiger charge is 2.03. The smallest absolute Gasteiger partial charge is 0.328 e. The van der Waals surface area contributed by atoms with Crippen molar-refractivity contribution in [2.45, 2.75) is 0 Å². The van der Waals surface area contributed by atoms with E-state index < -0.39 is 5.97 Å². The van der Waals surface area contributed by atoms with E-state index in [0.717, 1.165) is 6.08 Å². The zero-order valence-corrected chi connectivity index (χ0v) is 8.57. The van der Waals surface area contributed by atoms with Gasteiger partial charge in [0.25, 0.3) is 0 Å². The van der Waals surface area contributed by atoms with Gasteiger partial charge in [0.1, 0.15) is 5.82 Å². The summed E-state index contributed by atoms with van der Waals surface area (Å²) in [7, 11) is 3.54. The maximum Gasteiger partial charge on any atom is 0.328 e. The number of hydrogen-bond acceptors (Lipinski definition) is 2. The standard InChI is InChI=1S/C11H12FNO2/c1-13(2)10-7-9(12)5-3-8(10)4-6-11(14)15/h3-7H,1-2H3,(H,14,15)/b6-4+. The van der Waals surface area contributed by atoms with Gasteiger partial charge in [-0.3, -0.25) is 0 Å². The van der Waals surface area contributed by atoms with Crippen LogP contribution in [0.15, 0.2) is 24.3 Å². The summed E-state index contributed by atoms with van der Waals surface area (Å²) < 4.78 is 12.9. The van der Waals surface area contributed by atoms with Gasteiger partial charge in [0, 0.05) is 25.9 Å². The van der Waals surface area contributed by atoms with Crippen molar-refractivity contribution >= 4 is 17.7 Å². The Morgan fingerprint density at radius 3 is 2.67 bits per heavy atom. The van der Waals surface area contributed by atoms with Crippen LogP contribution >= 0.6 is 0 Å². The van der Waals surface area contributed by atoms with Gasteiger partial charge in [0.2, 0.25) is 0 Å². The number of nitrogens with zero attached hydrogens (tertiary/aromatic N) is 1. The predicted octanol–water partition coefficient (Wildman–Crippen LogP) is 1.99. The second-order valence-corrected chi connectivity index (χ2v) is 3.27. The van der Waals surface area contributed by atoms with Crippen LogP contribution in [0.1, 0.15) is 5.56 Å². The first-order valence-electron chi connectivity index (χ1n) is 4.38. The third kappa shape index (κ3) is 3.09. The lowest BCUT2D eigenvalue weighted by Gasteiger charge is -2.15. The normalized spacial score (nSPS) is 10.6. The Kier molecular flexibility index (Phi) is 3.44. The molecule has 0 aliphatic carbocycles. The number of hydrogen-bond donors (Lipinski definition) is 1. The van der Waals surface area contributed by atoms with Crippen LogP contribution in [-0.2, 0) is 4.79 Å². The van der Waals surface area contributed by atoms with E-state index in [4.69, 9.17) is 5.11 Å². The van der Waals surface area contributed by atoms with Crippen LogP contribution in [0, 0.1) is 5.82 Å². The Bertz CT molecular complexity index is 400. The van der Waals surface area contributed by atoms with Gasteiger partial charge in [-0.1, -0.05) is 0 Å². The number of carboxylic acids is 1. The molecular formula is C11H12FNO2. The van der Waals surface area contributed by atoms with Crippen molar-refractivity contribution in [2.75, 3.05) is 19.0 Å². The second-order valence-electron chi connectivity index (χ2n) is 3.27. The van der Waals surface area contributed by atoms with Crippen molar-refractivity contribution in [3.63, 3.8) is 0 Å². The van der Waals surface area contributed by atoms with E-state index in [1.54, 1.807) is 25.1 Å². The summed E-state index contributed by atoms with van der Waals surface area (Å²) in [5.74, 6) is -1.37.